The van der Waals surface area contributed by atoms with E-state index in [1.165, 1.54) is 36.0 Å². The Bertz CT molecular complexity index is 502. The Morgan fingerprint density at radius 3 is 2.94 bits per heavy atom. The van der Waals surface area contributed by atoms with Gasteiger partial charge in [-0.25, -0.2) is 4.98 Å². The summed E-state index contributed by atoms with van der Waals surface area (Å²) >= 11 is 0. The number of rotatable bonds is 3. The second-order valence-corrected chi connectivity index (χ2v) is 4.58. The Morgan fingerprint density at radius 2 is 2.18 bits per heavy atom. The molecule has 1 aromatic carbocycles. The minimum Gasteiger partial charge on any atom is -0.347 e. The lowest BCUT2D eigenvalue weighted by atomic mass is 10.0. The Kier molecular flexibility index (Phi) is 2.69. The first-order valence-corrected chi connectivity index (χ1v) is 6.16. The number of imidazole rings is 1. The van der Waals surface area contributed by atoms with Crippen LogP contribution in [0.3, 0.4) is 0 Å². The number of hydrogen-bond acceptors (Lipinski definition) is 2. The van der Waals surface area contributed by atoms with E-state index in [2.05, 4.69) is 33.5 Å². The summed E-state index contributed by atoms with van der Waals surface area (Å²) in [6.45, 7) is 0. The highest BCUT2D eigenvalue weighted by molar-refractivity contribution is 5.38. The maximum absolute atomic E-state index is 4.34. The highest BCUT2D eigenvalue weighted by atomic mass is 15.0. The van der Waals surface area contributed by atoms with E-state index in [1.807, 2.05) is 13.2 Å². The molecule has 17 heavy (non-hydrogen) atoms. The molecule has 0 aliphatic heterocycles. The maximum atomic E-state index is 4.34. The summed E-state index contributed by atoms with van der Waals surface area (Å²) in [6, 6.07) is 6.97. The first-order chi connectivity index (χ1) is 8.38. The van der Waals surface area contributed by atoms with Crippen LogP contribution in [0.5, 0.6) is 0 Å². The van der Waals surface area contributed by atoms with Crippen molar-refractivity contribution in [2.45, 2.75) is 25.3 Å². The minimum atomic E-state index is 0.163. The third-order valence-corrected chi connectivity index (χ3v) is 3.54. The average Bonchev–Trinajstić information content (AvgIpc) is 2.99. The fourth-order valence-electron chi connectivity index (χ4n) is 2.67. The van der Waals surface area contributed by atoms with E-state index in [-0.39, 0.29) is 6.04 Å². The lowest BCUT2D eigenvalue weighted by molar-refractivity contribution is 0.654. The monoisotopic (exact) mass is 227 g/mol. The Balaban J connectivity index is 1.97. The molecular weight excluding hydrogens is 210 g/mol. The van der Waals surface area contributed by atoms with Gasteiger partial charge in [0.1, 0.15) is 5.82 Å². The zero-order valence-electron chi connectivity index (χ0n) is 10.0. The first-order valence-electron chi connectivity index (χ1n) is 6.16. The van der Waals surface area contributed by atoms with Crippen molar-refractivity contribution in [1.29, 1.82) is 0 Å². The quantitative estimate of drug-likeness (QED) is 0.844. The van der Waals surface area contributed by atoms with Gasteiger partial charge < -0.3 is 10.3 Å². The highest BCUT2D eigenvalue weighted by Gasteiger charge is 2.17. The zero-order valence-corrected chi connectivity index (χ0v) is 10.0. The highest BCUT2D eigenvalue weighted by Crippen LogP contribution is 2.27. The van der Waals surface area contributed by atoms with E-state index < -0.39 is 0 Å². The first kappa shape index (κ1) is 10.5. The average molecular weight is 227 g/mol. The van der Waals surface area contributed by atoms with Crippen molar-refractivity contribution < 1.29 is 0 Å². The molecule has 0 spiro atoms. The lowest BCUT2D eigenvalue weighted by Gasteiger charge is -2.15. The van der Waals surface area contributed by atoms with Crippen LogP contribution in [0.4, 0.5) is 0 Å². The summed E-state index contributed by atoms with van der Waals surface area (Å²) in [4.78, 5) is 7.52. The molecule has 0 saturated carbocycles. The molecule has 1 atom stereocenters. The van der Waals surface area contributed by atoms with Crippen molar-refractivity contribution in [1.82, 2.24) is 15.3 Å². The number of hydrogen-bond donors (Lipinski definition) is 2. The number of aryl methyl sites for hydroxylation is 2. The predicted molar refractivity (Wildman–Crippen MR) is 68.0 cm³/mol. The van der Waals surface area contributed by atoms with Gasteiger partial charge in [-0.1, -0.05) is 18.2 Å². The van der Waals surface area contributed by atoms with Crippen molar-refractivity contribution in [3.05, 3.63) is 53.1 Å². The van der Waals surface area contributed by atoms with Gasteiger partial charge in [0.05, 0.1) is 6.04 Å². The molecule has 2 N–H and O–H groups in total. The van der Waals surface area contributed by atoms with E-state index in [4.69, 9.17) is 0 Å². The van der Waals surface area contributed by atoms with Crippen LogP contribution in [0.1, 0.15) is 35.0 Å². The summed E-state index contributed by atoms with van der Waals surface area (Å²) in [6.07, 6.45) is 7.42. The number of benzene rings is 1. The van der Waals surface area contributed by atoms with Gasteiger partial charge in [0.15, 0.2) is 0 Å². The molecule has 88 valence electrons. The molecule has 1 aromatic heterocycles. The van der Waals surface area contributed by atoms with Gasteiger partial charge in [-0.2, -0.15) is 0 Å². The second kappa shape index (κ2) is 4.34. The number of H-pyrrole nitrogens is 1. The van der Waals surface area contributed by atoms with Crippen LogP contribution in [0.25, 0.3) is 0 Å². The molecule has 0 fully saturated rings. The van der Waals surface area contributed by atoms with Crippen LogP contribution >= 0.6 is 0 Å². The Hall–Kier alpha value is -1.61. The van der Waals surface area contributed by atoms with E-state index in [0.29, 0.717) is 0 Å². The van der Waals surface area contributed by atoms with Crippen LogP contribution in [-0.2, 0) is 12.8 Å². The molecule has 0 amide bonds. The molecule has 1 unspecified atom stereocenters. The molecule has 0 bridgehead atoms. The largest absolute Gasteiger partial charge is 0.347 e. The minimum absolute atomic E-state index is 0.163. The number of fused-ring (bicyclic) bond motifs is 1. The van der Waals surface area contributed by atoms with Gasteiger partial charge >= 0.3 is 0 Å². The number of aromatic nitrogens is 2. The molecule has 3 nitrogen and oxygen atoms in total. The van der Waals surface area contributed by atoms with Crippen LogP contribution < -0.4 is 5.32 Å². The third-order valence-electron chi connectivity index (χ3n) is 3.54. The van der Waals surface area contributed by atoms with Crippen LogP contribution in [0, 0.1) is 0 Å². The van der Waals surface area contributed by atoms with Gasteiger partial charge in [0, 0.05) is 12.4 Å². The Morgan fingerprint density at radius 1 is 1.29 bits per heavy atom. The van der Waals surface area contributed by atoms with E-state index in [1.54, 1.807) is 6.20 Å². The van der Waals surface area contributed by atoms with Gasteiger partial charge in [0.2, 0.25) is 0 Å². The standard InChI is InChI=1S/C14H17N3/c1-15-13(14-16-7-8-17-14)12-6-5-10-3-2-4-11(10)9-12/h5-9,13,15H,2-4H2,1H3,(H,16,17). The van der Waals surface area contributed by atoms with Gasteiger partial charge in [-0.05, 0) is 43.0 Å². The van der Waals surface area contributed by atoms with Crippen LogP contribution in [0.2, 0.25) is 0 Å². The molecule has 3 rings (SSSR count). The van der Waals surface area contributed by atoms with Crippen molar-refractivity contribution in [3.8, 4) is 0 Å². The van der Waals surface area contributed by atoms with Gasteiger partial charge in [-0.3, -0.25) is 0 Å². The predicted octanol–water partition coefficient (Wildman–Crippen LogP) is 2.21. The second-order valence-electron chi connectivity index (χ2n) is 4.58. The fourth-order valence-corrected chi connectivity index (χ4v) is 2.67. The topological polar surface area (TPSA) is 40.7 Å². The lowest BCUT2D eigenvalue weighted by Crippen LogP contribution is -2.19. The van der Waals surface area contributed by atoms with Crippen LogP contribution in [0.15, 0.2) is 30.6 Å². The molecule has 1 heterocycles. The van der Waals surface area contributed by atoms with E-state index >= 15 is 0 Å². The molecular formula is C14H17N3. The summed E-state index contributed by atoms with van der Waals surface area (Å²) in [5, 5.41) is 3.32. The summed E-state index contributed by atoms with van der Waals surface area (Å²) in [7, 11) is 1.97. The van der Waals surface area contributed by atoms with Crippen molar-refractivity contribution in [2.24, 2.45) is 0 Å². The molecule has 2 aromatic rings. The molecule has 3 heteroatoms. The van der Waals surface area contributed by atoms with Crippen molar-refractivity contribution in [2.75, 3.05) is 7.05 Å². The van der Waals surface area contributed by atoms with Crippen molar-refractivity contribution in [3.63, 3.8) is 0 Å². The maximum Gasteiger partial charge on any atom is 0.127 e. The molecule has 0 saturated heterocycles. The van der Waals surface area contributed by atoms with Crippen LogP contribution in [-0.4, -0.2) is 17.0 Å². The van der Waals surface area contributed by atoms with Gasteiger partial charge in [-0.15, -0.1) is 0 Å². The molecule has 1 aliphatic carbocycles. The zero-order chi connectivity index (χ0) is 11.7. The van der Waals surface area contributed by atoms with Crippen molar-refractivity contribution >= 4 is 0 Å². The Labute approximate surface area is 101 Å². The van der Waals surface area contributed by atoms with Gasteiger partial charge in [0.25, 0.3) is 0 Å². The molecule has 1 aliphatic rings. The third kappa shape index (κ3) is 1.87. The fraction of sp³-hybridized carbons (Fsp3) is 0.357. The van der Waals surface area contributed by atoms with E-state index in [0.717, 1.165) is 5.82 Å². The number of nitrogens with one attached hydrogen (secondary N) is 2. The summed E-state index contributed by atoms with van der Waals surface area (Å²) in [5.41, 5.74) is 4.32. The summed E-state index contributed by atoms with van der Waals surface area (Å²) in [5.74, 6) is 0.977. The number of aromatic amines is 1. The normalized spacial score (nSPS) is 15.8. The van der Waals surface area contributed by atoms with E-state index in [9.17, 15) is 0 Å². The SMILES string of the molecule is CNC(c1ccc2c(c1)CCC2)c1ncc[nH]1. The molecule has 0 radical (unpaired) electrons. The summed E-state index contributed by atoms with van der Waals surface area (Å²) < 4.78 is 0. The number of nitrogens with zero attached hydrogens (tertiary/aromatic N) is 1. The smallest absolute Gasteiger partial charge is 0.127 e.